The molecule has 0 bridgehead atoms. The monoisotopic (exact) mass is 356 g/mol. The number of phenols is 1. The second-order valence-corrected chi connectivity index (χ2v) is 6.57. The lowest BCUT2D eigenvalue weighted by atomic mass is 9.92. The number of hydrogen-bond acceptors (Lipinski definition) is 3. The number of benzene rings is 5. The minimum atomic E-state index is 0.329. The molecule has 0 heterocycles. The fourth-order valence-corrected chi connectivity index (χ4v) is 3.43. The summed E-state index contributed by atoms with van der Waals surface area (Å²) in [6, 6.07) is 27.0. The van der Waals surface area contributed by atoms with E-state index in [0.717, 1.165) is 0 Å². The number of hydrazine groups is 1. The van der Waals surface area contributed by atoms with Gasteiger partial charge in [-0.2, -0.15) is 0 Å². The van der Waals surface area contributed by atoms with Crippen molar-refractivity contribution in [3.8, 4) is 5.75 Å². The first kappa shape index (κ1) is 18.6. The maximum atomic E-state index is 8.76. The molecule has 0 aliphatic carbocycles. The Bertz CT molecular complexity index is 1130. The third-order valence-corrected chi connectivity index (χ3v) is 4.78. The van der Waals surface area contributed by atoms with Gasteiger partial charge in [-0.15, -0.1) is 0 Å². The number of nitrogens with two attached hydrogens (primary N) is 2. The average Bonchev–Trinajstić information content (AvgIpc) is 2.72. The van der Waals surface area contributed by atoms with Crippen LogP contribution in [0.4, 0.5) is 0 Å². The second-order valence-electron chi connectivity index (χ2n) is 6.57. The Morgan fingerprint density at radius 3 is 1.70 bits per heavy atom. The van der Waals surface area contributed by atoms with Crippen LogP contribution in [0, 0.1) is 13.8 Å². The number of hydrogen-bond donors (Lipinski definition) is 3. The van der Waals surface area contributed by atoms with Crippen molar-refractivity contribution in [2.75, 3.05) is 0 Å². The van der Waals surface area contributed by atoms with Crippen LogP contribution in [0.1, 0.15) is 11.1 Å². The van der Waals surface area contributed by atoms with E-state index in [1.54, 1.807) is 12.1 Å². The molecule has 5 aromatic carbocycles. The van der Waals surface area contributed by atoms with Crippen LogP contribution in [0.25, 0.3) is 32.3 Å². The quantitative estimate of drug-likeness (QED) is 0.197. The molecule has 0 fully saturated rings. The lowest BCUT2D eigenvalue weighted by molar-refractivity contribution is 0.475. The van der Waals surface area contributed by atoms with E-state index in [1.165, 1.54) is 43.4 Å². The van der Waals surface area contributed by atoms with E-state index >= 15 is 0 Å². The predicted octanol–water partition coefficient (Wildman–Crippen LogP) is 5.41. The van der Waals surface area contributed by atoms with Crippen molar-refractivity contribution in [2.45, 2.75) is 13.8 Å². The predicted molar refractivity (Wildman–Crippen MR) is 116 cm³/mol. The van der Waals surface area contributed by atoms with E-state index in [1.807, 2.05) is 19.1 Å². The maximum Gasteiger partial charge on any atom is 0.115 e. The minimum absolute atomic E-state index is 0.329. The van der Waals surface area contributed by atoms with Gasteiger partial charge in [-0.25, -0.2) is 0 Å². The summed E-state index contributed by atoms with van der Waals surface area (Å²) in [4.78, 5) is 0. The molecular formula is C24H24N2O. The first-order valence-corrected chi connectivity index (χ1v) is 8.85. The summed E-state index contributed by atoms with van der Waals surface area (Å²) in [5, 5.41) is 17.0. The molecule has 0 aliphatic heterocycles. The summed E-state index contributed by atoms with van der Waals surface area (Å²) >= 11 is 0. The van der Waals surface area contributed by atoms with Gasteiger partial charge in [0.15, 0.2) is 0 Å². The summed E-state index contributed by atoms with van der Waals surface area (Å²) in [5.74, 6) is 8.33. The van der Waals surface area contributed by atoms with E-state index in [0.29, 0.717) is 5.75 Å². The molecule has 3 nitrogen and oxygen atoms in total. The van der Waals surface area contributed by atoms with Crippen molar-refractivity contribution < 1.29 is 5.11 Å². The van der Waals surface area contributed by atoms with Gasteiger partial charge in [0.05, 0.1) is 0 Å². The van der Waals surface area contributed by atoms with Crippen molar-refractivity contribution in [3.05, 3.63) is 90.0 Å². The molecule has 136 valence electrons. The van der Waals surface area contributed by atoms with Crippen LogP contribution in [0.5, 0.6) is 5.75 Å². The molecule has 5 N–H and O–H groups in total. The summed E-state index contributed by atoms with van der Waals surface area (Å²) in [6.07, 6.45) is 0. The van der Waals surface area contributed by atoms with Crippen LogP contribution < -0.4 is 11.7 Å². The van der Waals surface area contributed by atoms with Crippen LogP contribution in [-0.4, -0.2) is 5.11 Å². The molecule has 0 atom stereocenters. The van der Waals surface area contributed by atoms with Crippen molar-refractivity contribution in [2.24, 2.45) is 11.7 Å². The lowest BCUT2D eigenvalue weighted by Gasteiger charge is -2.11. The van der Waals surface area contributed by atoms with Crippen LogP contribution in [0.3, 0.4) is 0 Å². The normalized spacial score (nSPS) is 10.4. The molecule has 0 saturated carbocycles. The van der Waals surface area contributed by atoms with E-state index in [9.17, 15) is 0 Å². The summed E-state index contributed by atoms with van der Waals surface area (Å²) in [5.41, 5.74) is 2.53. The Balaban J connectivity index is 0.000000178. The average molecular weight is 356 g/mol. The van der Waals surface area contributed by atoms with Gasteiger partial charge in [-0.1, -0.05) is 72.3 Å². The summed E-state index contributed by atoms with van der Waals surface area (Å²) in [7, 11) is 0. The van der Waals surface area contributed by atoms with Crippen LogP contribution in [-0.2, 0) is 0 Å². The molecule has 5 rings (SSSR count). The summed E-state index contributed by atoms with van der Waals surface area (Å²) < 4.78 is 0. The molecule has 0 aromatic heterocycles. The van der Waals surface area contributed by atoms with Gasteiger partial charge >= 0.3 is 0 Å². The largest absolute Gasteiger partial charge is 0.508 e. The highest BCUT2D eigenvalue weighted by Crippen LogP contribution is 2.35. The highest BCUT2D eigenvalue weighted by Gasteiger charge is 2.08. The molecule has 0 spiro atoms. The second kappa shape index (κ2) is 8.04. The number of rotatable bonds is 0. The Morgan fingerprint density at radius 2 is 1.11 bits per heavy atom. The minimum Gasteiger partial charge on any atom is -0.508 e. The summed E-state index contributed by atoms with van der Waals surface area (Å²) in [6.45, 7) is 4.17. The first-order chi connectivity index (χ1) is 13.1. The number of phenolic OH excluding ortho intramolecular Hbond substituents is 1. The van der Waals surface area contributed by atoms with Gasteiger partial charge < -0.3 is 5.11 Å². The van der Waals surface area contributed by atoms with E-state index in [-0.39, 0.29) is 0 Å². The maximum absolute atomic E-state index is 8.76. The van der Waals surface area contributed by atoms with Gasteiger partial charge in [-0.3, -0.25) is 11.7 Å². The van der Waals surface area contributed by atoms with Crippen molar-refractivity contribution in [3.63, 3.8) is 0 Å². The Morgan fingerprint density at radius 1 is 0.593 bits per heavy atom. The molecule has 3 heteroatoms. The van der Waals surface area contributed by atoms with Gasteiger partial charge in [0, 0.05) is 0 Å². The highest BCUT2D eigenvalue weighted by atomic mass is 16.3. The van der Waals surface area contributed by atoms with Crippen LogP contribution in [0.2, 0.25) is 0 Å². The molecule has 0 unspecified atom stereocenters. The van der Waals surface area contributed by atoms with E-state index < -0.39 is 0 Å². The molecule has 27 heavy (non-hydrogen) atoms. The van der Waals surface area contributed by atoms with Crippen LogP contribution in [0.15, 0.2) is 78.9 Å². The zero-order valence-corrected chi connectivity index (χ0v) is 15.6. The third kappa shape index (κ3) is 3.70. The molecule has 0 aliphatic rings. The zero-order chi connectivity index (χ0) is 19.4. The van der Waals surface area contributed by atoms with Crippen molar-refractivity contribution in [1.82, 2.24) is 0 Å². The topological polar surface area (TPSA) is 72.3 Å². The fourth-order valence-electron chi connectivity index (χ4n) is 3.43. The third-order valence-electron chi connectivity index (χ3n) is 4.78. The van der Waals surface area contributed by atoms with Crippen LogP contribution >= 0.6 is 0 Å². The molecule has 0 radical (unpaired) electrons. The van der Waals surface area contributed by atoms with Crippen molar-refractivity contribution in [1.29, 1.82) is 0 Å². The van der Waals surface area contributed by atoms with Gasteiger partial charge in [0.25, 0.3) is 0 Å². The Labute approximate surface area is 159 Å². The Hall–Kier alpha value is -3.14. The molecule has 0 amide bonds. The molecular weight excluding hydrogens is 332 g/mol. The lowest BCUT2D eigenvalue weighted by Crippen LogP contribution is -2.02. The molecule has 5 aromatic rings. The molecule has 0 saturated heterocycles. The SMILES string of the molecule is Cc1ccc(O)cc1.Cc1ccc2ccc3cccc4ccc1c2c34.NN. The zero-order valence-electron chi connectivity index (χ0n) is 15.6. The number of aromatic hydroxyl groups is 1. The Kier molecular flexibility index (Phi) is 5.55. The van der Waals surface area contributed by atoms with E-state index in [2.05, 4.69) is 73.2 Å². The highest BCUT2D eigenvalue weighted by molar-refractivity contribution is 6.23. The smallest absolute Gasteiger partial charge is 0.115 e. The van der Waals surface area contributed by atoms with Crippen molar-refractivity contribution >= 4 is 32.3 Å². The fraction of sp³-hybridized carbons (Fsp3) is 0.0833. The van der Waals surface area contributed by atoms with E-state index in [4.69, 9.17) is 5.11 Å². The van der Waals surface area contributed by atoms with Gasteiger partial charge in [0.1, 0.15) is 5.75 Å². The number of aryl methyl sites for hydroxylation is 2. The standard InChI is InChI=1S/C17H12.C7H8O.H4N2/c1-11-5-6-14-8-7-12-3-2-4-13-9-10-15(11)17(14)16(12)13;1-6-2-4-7(8)5-3-6;1-2/h2-10H,1H3;2-5,8H,1H3;1-2H2. The van der Waals surface area contributed by atoms with Gasteiger partial charge in [0.2, 0.25) is 0 Å². The van der Waals surface area contributed by atoms with Gasteiger partial charge in [-0.05, 0) is 63.9 Å². The first-order valence-electron chi connectivity index (χ1n) is 8.85.